The minimum absolute atomic E-state index is 0.105. The summed E-state index contributed by atoms with van der Waals surface area (Å²) >= 11 is 0. The van der Waals surface area contributed by atoms with Crippen molar-refractivity contribution in [2.45, 2.75) is 51.0 Å². The Labute approximate surface area is 210 Å². The lowest BCUT2D eigenvalue weighted by molar-refractivity contribution is -0.193. The molecule has 0 atom stereocenters. The van der Waals surface area contributed by atoms with Gasteiger partial charge in [0.15, 0.2) is 17.9 Å². The van der Waals surface area contributed by atoms with Crippen LogP contribution in [0.4, 0.5) is 30.7 Å². The van der Waals surface area contributed by atoms with Crippen LogP contribution in [0.2, 0.25) is 0 Å². The Balaban J connectivity index is 1.46. The molecule has 37 heavy (non-hydrogen) atoms. The number of aryl methyl sites for hydroxylation is 1. The summed E-state index contributed by atoms with van der Waals surface area (Å²) in [5, 5.41) is 0. The van der Waals surface area contributed by atoms with Gasteiger partial charge >= 0.3 is 6.18 Å². The maximum atomic E-state index is 14.9. The fourth-order valence-electron chi connectivity index (χ4n) is 4.38. The average molecular weight is 526 g/mol. The van der Waals surface area contributed by atoms with E-state index in [9.17, 15) is 30.7 Å². The van der Waals surface area contributed by atoms with Crippen LogP contribution >= 0.6 is 0 Å². The minimum atomic E-state index is -5.27. The molecule has 2 nitrogen and oxygen atoms in total. The van der Waals surface area contributed by atoms with E-state index in [1.54, 1.807) is 0 Å². The number of halogens is 7. The fraction of sp³-hybridized carbons (Fsp3) is 0.357. The summed E-state index contributed by atoms with van der Waals surface area (Å²) in [5.41, 5.74) is -1.31. The molecule has 0 aromatic heterocycles. The molecule has 198 valence electrons. The molecule has 1 aliphatic rings. The van der Waals surface area contributed by atoms with Gasteiger partial charge in [-0.1, -0.05) is 56.2 Å². The second kappa shape index (κ2) is 11.2. The quantitative estimate of drug-likeness (QED) is 0.227. The minimum Gasteiger partial charge on any atom is -0.348 e. The predicted octanol–water partition coefficient (Wildman–Crippen LogP) is 8.49. The van der Waals surface area contributed by atoms with Crippen LogP contribution in [-0.2, 0) is 22.1 Å². The number of ether oxygens (including phenoxy) is 2. The second-order valence-electron chi connectivity index (χ2n) is 9.04. The van der Waals surface area contributed by atoms with Gasteiger partial charge in [0, 0.05) is 17.0 Å². The lowest BCUT2D eigenvalue weighted by Crippen LogP contribution is -2.26. The molecule has 0 aliphatic carbocycles. The first-order valence-electron chi connectivity index (χ1n) is 12.0. The zero-order valence-electron chi connectivity index (χ0n) is 20.0. The van der Waals surface area contributed by atoms with Gasteiger partial charge in [-0.05, 0) is 41.7 Å². The van der Waals surface area contributed by atoms with E-state index in [1.807, 2.05) is 12.1 Å². The van der Waals surface area contributed by atoms with E-state index in [4.69, 9.17) is 9.47 Å². The Bertz CT molecular complexity index is 1210. The molecule has 0 bridgehead atoms. The van der Waals surface area contributed by atoms with Gasteiger partial charge in [0.05, 0.1) is 13.2 Å². The van der Waals surface area contributed by atoms with Crippen LogP contribution in [0.25, 0.3) is 11.1 Å². The predicted molar refractivity (Wildman–Crippen MR) is 124 cm³/mol. The van der Waals surface area contributed by atoms with E-state index < -0.39 is 52.4 Å². The maximum absolute atomic E-state index is 14.9. The van der Waals surface area contributed by atoms with Gasteiger partial charge in [-0.15, -0.1) is 0 Å². The van der Waals surface area contributed by atoms with E-state index in [1.165, 1.54) is 12.0 Å². The molecule has 0 spiro atoms. The molecule has 4 rings (SSSR count). The van der Waals surface area contributed by atoms with Crippen molar-refractivity contribution in [1.29, 1.82) is 0 Å². The highest BCUT2D eigenvalue weighted by Crippen LogP contribution is 2.38. The molecule has 1 aliphatic heterocycles. The Hall–Kier alpha value is -2.91. The van der Waals surface area contributed by atoms with Crippen LogP contribution in [0.15, 0.2) is 48.5 Å². The molecule has 0 amide bonds. The summed E-state index contributed by atoms with van der Waals surface area (Å²) in [5.74, 6) is -6.82. The molecule has 0 N–H and O–H groups in total. The monoisotopic (exact) mass is 526 g/mol. The van der Waals surface area contributed by atoms with E-state index in [0.717, 1.165) is 37.0 Å². The van der Waals surface area contributed by atoms with Crippen molar-refractivity contribution < 1.29 is 40.2 Å². The standard InChI is InChI=1S/C28H25F7O2/c1-2-3-4-5-16-6-8-17(9-7-16)19-14-36-27(37-15-19)21-11-10-20(25(31)26(21)32)18-12-22(29)24(23(30)13-18)28(33,34)35/h6-13,19,27H,2-5,14-15H2,1H3. The van der Waals surface area contributed by atoms with Gasteiger partial charge < -0.3 is 9.47 Å². The molecular weight excluding hydrogens is 501 g/mol. The summed E-state index contributed by atoms with van der Waals surface area (Å²) in [6, 6.07) is 10.9. The number of unbranched alkanes of at least 4 members (excludes halogenated alkanes) is 2. The highest BCUT2D eigenvalue weighted by Gasteiger charge is 2.38. The third kappa shape index (κ3) is 5.99. The van der Waals surface area contributed by atoms with E-state index in [-0.39, 0.29) is 24.7 Å². The van der Waals surface area contributed by atoms with Crippen LogP contribution < -0.4 is 0 Å². The molecule has 3 aromatic rings. The molecule has 3 aromatic carbocycles. The molecule has 0 saturated carbocycles. The Morgan fingerprint density at radius 2 is 1.43 bits per heavy atom. The fourth-order valence-corrected chi connectivity index (χ4v) is 4.38. The zero-order valence-corrected chi connectivity index (χ0v) is 20.0. The van der Waals surface area contributed by atoms with E-state index >= 15 is 0 Å². The lowest BCUT2D eigenvalue weighted by atomic mass is 9.97. The first-order valence-corrected chi connectivity index (χ1v) is 12.0. The Morgan fingerprint density at radius 3 is 2.00 bits per heavy atom. The first-order chi connectivity index (χ1) is 17.6. The van der Waals surface area contributed by atoms with Crippen molar-refractivity contribution in [3.05, 3.63) is 94.1 Å². The van der Waals surface area contributed by atoms with E-state index in [2.05, 4.69) is 19.1 Å². The number of hydrogen-bond acceptors (Lipinski definition) is 2. The van der Waals surface area contributed by atoms with E-state index in [0.29, 0.717) is 12.1 Å². The molecule has 1 saturated heterocycles. The topological polar surface area (TPSA) is 18.5 Å². The third-order valence-electron chi connectivity index (χ3n) is 6.42. The van der Waals surface area contributed by atoms with Crippen LogP contribution in [0.1, 0.15) is 60.6 Å². The second-order valence-corrected chi connectivity index (χ2v) is 9.04. The van der Waals surface area contributed by atoms with Crippen molar-refractivity contribution in [3.63, 3.8) is 0 Å². The maximum Gasteiger partial charge on any atom is 0.422 e. The van der Waals surface area contributed by atoms with Crippen molar-refractivity contribution in [3.8, 4) is 11.1 Å². The molecule has 0 radical (unpaired) electrons. The third-order valence-corrected chi connectivity index (χ3v) is 6.42. The Kier molecular flexibility index (Phi) is 8.23. The summed E-state index contributed by atoms with van der Waals surface area (Å²) in [4.78, 5) is 0. The summed E-state index contributed by atoms with van der Waals surface area (Å²) < 4.78 is 107. The number of alkyl halides is 3. The number of benzene rings is 3. The normalized spacial score (nSPS) is 18.3. The SMILES string of the molecule is CCCCCc1ccc(C2COC(c3ccc(-c4cc(F)c(C(F)(F)F)c(F)c4)c(F)c3F)OC2)cc1. The molecule has 9 heteroatoms. The summed E-state index contributed by atoms with van der Waals surface area (Å²) in [6.45, 7) is 2.53. The van der Waals surface area contributed by atoms with Gasteiger partial charge in [0.1, 0.15) is 17.2 Å². The summed E-state index contributed by atoms with van der Waals surface area (Å²) in [6.07, 6.45) is -2.05. The van der Waals surface area contributed by atoms with Crippen LogP contribution in [-0.4, -0.2) is 13.2 Å². The highest BCUT2D eigenvalue weighted by molar-refractivity contribution is 5.65. The van der Waals surface area contributed by atoms with Crippen molar-refractivity contribution >= 4 is 0 Å². The molecule has 1 heterocycles. The molecule has 0 unspecified atom stereocenters. The van der Waals surface area contributed by atoms with Gasteiger partial charge in [-0.25, -0.2) is 17.6 Å². The van der Waals surface area contributed by atoms with Crippen molar-refractivity contribution in [2.24, 2.45) is 0 Å². The van der Waals surface area contributed by atoms with Crippen LogP contribution in [0, 0.1) is 23.3 Å². The first kappa shape index (κ1) is 27.1. The smallest absolute Gasteiger partial charge is 0.348 e. The van der Waals surface area contributed by atoms with Gasteiger partial charge in [-0.2, -0.15) is 13.2 Å². The highest BCUT2D eigenvalue weighted by atomic mass is 19.4. The number of rotatable bonds is 7. The number of hydrogen-bond donors (Lipinski definition) is 0. The Morgan fingerprint density at radius 1 is 0.811 bits per heavy atom. The molecular formula is C28H25F7O2. The van der Waals surface area contributed by atoms with Crippen molar-refractivity contribution in [1.82, 2.24) is 0 Å². The zero-order chi connectivity index (χ0) is 26.7. The van der Waals surface area contributed by atoms with Gasteiger partial charge in [0.2, 0.25) is 0 Å². The lowest BCUT2D eigenvalue weighted by Gasteiger charge is -2.30. The van der Waals surface area contributed by atoms with Crippen LogP contribution in [0.3, 0.4) is 0 Å². The summed E-state index contributed by atoms with van der Waals surface area (Å²) in [7, 11) is 0. The van der Waals surface area contributed by atoms with Gasteiger partial charge in [-0.3, -0.25) is 0 Å². The van der Waals surface area contributed by atoms with Gasteiger partial charge in [0.25, 0.3) is 0 Å². The average Bonchev–Trinajstić information content (AvgIpc) is 2.85. The largest absolute Gasteiger partial charge is 0.422 e. The van der Waals surface area contributed by atoms with Crippen LogP contribution in [0.5, 0.6) is 0 Å². The molecule has 1 fully saturated rings. The van der Waals surface area contributed by atoms with Crippen molar-refractivity contribution in [2.75, 3.05) is 13.2 Å².